The van der Waals surface area contributed by atoms with Gasteiger partial charge < -0.3 is 14.6 Å². The predicted molar refractivity (Wildman–Crippen MR) is 148 cm³/mol. The maximum Gasteiger partial charge on any atom is 0.344 e. The van der Waals surface area contributed by atoms with Crippen molar-refractivity contribution in [2.75, 3.05) is 19.0 Å². The molecule has 0 heterocycles. The second-order valence-corrected chi connectivity index (χ2v) is 9.80. The van der Waals surface area contributed by atoms with E-state index in [-0.39, 0.29) is 12.6 Å². The number of benzene rings is 3. The number of carbonyl (C=O) groups is 1. The molecule has 0 aliphatic carbocycles. The van der Waals surface area contributed by atoms with Crippen LogP contribution in [0.4, 0.5) is 0 Å². The fourth-order valence-electron chi connectivity index (χ4n) is 3.37. The Kier molecular flexibility index (Phi) is 9.81. The van der Waals surface area contributed by atoms with Gasteiger partial charge in [0.2, 0.25) is 0 Å². The lowest BCUT2D eigenvalue weighted by molar-refractivity contribution is -0.145. The topological polar surface area (TPSA) is 55.8 Å². The van der Waals surface area contributed by atoms with Crippen molar-refractivity contribution >= 4 is 23.3 Å². The molecule has 5 heteroatoms. The van der Waals surface area contributed by atoms with E-state index in [4.69, 9.17) is 9.47 Å². The van der Waals surface area contributed by atoms with Crippen molar-refractivity contribution in [1.82, 2.24) is 0 Å². The zero-order valence-electron chi connectivity index (χ0n) is 21.2. The molecule has 186 valence electrons. The van der Waals surface area contributed by atoms with E-state index in [0.29, 0.717) is 18.1 Å². The minimum absolute atomic E-state index is 0.101. The highest BCUT2D eigenvalue weighted by Crippen LogP contribution is 2.27. The van der Waals surface area contributed by atoms with Crippen molar-refractivity contribution in [3.05, 3.63) is 90.0 Å². The summed E-state index contributed by atoms with van der Waals surface area (Å²) in [7, 11) is 0. The smallest absolute Gasteiger partial charge is 0.344 e. The Morgan fingerprint density at radius 3 is 2.36 bits per heavy atom. The molecule has 0 unspecified atom stereocenters. The lowest BCUT2D eigenvalue weighted by Gasteiger charge is -2.10. The van der Waals surface area contributed by atoms with Gasteiger partial charge in [0.25, 0.3) is 0 Å². The Morgan fingerprint density at radius 1 is 1.03 bits per heavy atom. The molecule has 0 aromatic heterocycles. The summed E-state index contributed by atoms with van der Waals surface area (Å²) >= 11 is 1.68. The number of rotatable bonds is 9. The highest BCUT2D eigenvalue weighted by molar-refractivity contribution is 7.99. The van der Waals surface area contributed by atoms with Gasteiger partial charge in [-0.1, -0.05) is 72.5 Å². The fourth-order valence-corrected chi connectivity index (χ4v) is 4.24. The summed E-state index contributed by atoms with van der Waals surface area (Å²) in [6.45, 7) is 7.32. The molecule has 1 N–H and O–H groups in total. The molecule has 0 fully saturated rings. The van der Waals surface area contributed by atoms with Crippen LogP contribution in [0.15, 0.2) is 83.8 Å². The Morgan fingerprint density at radius 2 is 1.72 bits per heavy atom. The molecule has 0 aliphatic heterocycles. The fraction of sp³-hybridized carbons (Fsp3) is 0.258. The summed E-state index contributed by atoms with van der Waals surface area (Å²) in [4.78, 5) is 12.6. The number of esters is 1. The van der Waals surface area contributed by atoms with E-state index in [0.717, 1.165) is 32.7 Å². The second-order valence-electron chi connectivity index (χ2n) is 8.70. The maximum absolute atomic E-state index is 11.5. The Bertz CT molecular complexity index is 1240. The average molecular weight is 501 g/mol. The zero-order valence-corrected chi connectivity index (χ0v) is 22.0. The molecule has 0 aliphatic rings. The van der Waals surface area contributed by atoms with Gasteiger partial charge >= 0.3 is 5.97 Å². The molecule has 4 nitrogen and oxygen atoms in total. The van der Waals surface area contributed by atoms with Crippen molar-refractivity contribution < 1.29 is 19.4 Å². The molecule has 0 spiro atoms. The third-order valence-corrected chi connectivity index (χ3v) is 6.06. The SMILES string of the molecule is CCOC(=O)COc1ccc(SCC=C(C#CC(C)(C)O)c2ccc(-c3ccccc3)cc2)cc1C. The van der Waals surface area contributed by atoms with Crippen LogP contribution in [-0.4, -0.2) is 35.6 Å². The molecular weight excluding hydrogens is 468 g/mol. The van der Waals surface area contributed by atoms with Crippen molar-refractivity contribution in [3.63, 3.8) is 0 Å². The molecular formula is C31H32O4S. The predicted octanol–water partition coefficient (Wildman–Crippen LogP) is 6.55. The summed E-state index contributed by atoms with van der Waals surface area (Å²) in [6, 6.07) is 24.5. The van der Waals surface area contributed by atoms with Crippen LogP contribution in [0.3, 0.4) is 0 Å². The molecule has 36 heavy (non-hydrogen) atoms. The standard InChI is InChI=1S/C31H32O4S/c1-5-34-30(32)22-35-29-16-15-28(21-23(29)2)36-20-18-27(17-19-31(3,4)33)26-13-11-25(12-14-26)24-9-7-6-8-10-24/h6-16,18,21,33H,5,20,22H2,1-4H3. The Labute approximate surface area is 218 Å². The third kappa shape index (κ3) is 8.64. The number of aryl methyl sites for hydroxylation is 1. The van der Waals surface area contributed by atoms with Crippen LogP contribution in [0, 0.1) is 18.8 Å². The number of ether oxygens (including phenoxy) is 2. The molecule has 0 saturated heterocycles. The number of thioether (sulfide) groups is 1. The highest BCUT2D eigenvalue weighted by Gasteiger charge is 2.09. The van der Waals surface area contributed by atoms with Gasteiger partial charge in [-0.3, -0.25) is 0 Å². The van der Waals surface area contributed by atoms with E-state index in [1.54, 1.807) is 32.5 Å². The zero-order chi connectivity index (χ0) is 26.0. The van der Waals surface area contributed by atoms with Crippen molar-refractivity contribution in [1.29, 1.82) is 0 Å². The van der Waals surface area contributed by atoms with Gasteiger partial charge in [-0.05, 0) is 68.1 Å². The minimum atomic E-state index is -1.08. The Balaban J connectivity index is 1.72. The first-order chi connectivity index (χ1) is 17.2. The third-order valence-electron chi connectivity index (χ3n) is 5.14. The molecule has 3 rings (SSSR count). The molecule has 0 saturated carbocycles. The molecule has 3 aromatic rings. The van der Waals surface area contributed by atoms with Gasteiger partial charge in [0.1, 0.15) is 11.4 Å². The van der Waals surface area contributed by atoms with Crippen molar-refractivity contribution in [3.8, 4) is 28.7 Å². The van der Waals surface area contributed by atoms with Crippen LogP contribution in [0.2, 0.25) is 0 Å². The summed E-state index contributed by atoms with van der Waals surface area (Å²) in [6.07, 6.45) is 2.08. The summed E-state index contributed by atoms with van der Waals surface area (Å²) in [5.41, 5.74) is 4.06. The first-order valence-corrected chi connectivity index (χ1v) is 12.9. The van der Waals surface area contributed by atoms with Crippen molar-refractivity contribution in [2.45, 2.75) is 38.2 Å². The van der Waals surface area contributed by atoms with Gasteiger partial charge in [-0.25, -0.2) is 4.79 Å². The first kappa shape index (κ1) is 27.1. The van der Waals surface area contributed by atoms with E-state index < -0.39 is 5.60 Å². The highest BCUT2D eigenvalue weighted by atomic mass is 32.2. The molecule has 0 amide bonds. The molecule has 0 radical (unpaired) electrons. The van der Waals surface area contributed by atoms with E-state index in [1.807, 2.05) is 43.3 Å². The largest absolute Gasteiger partial charge is 0.482 e. The number of hydrogen-bond acceptors (Lipinski definition) is 5. The van der Waals surface area contributed by atoms with Gasteiger partial charge in [0.05, 0.1) is 6.61 Å². The van der Waals surface area contributed by atoms with Crippen LogP contribution < -0.4 is 4.74 Å². The summed E-state index contributed by atoms with van der Waals surface area (Å²) in [5.74, 6) is 7.10. The molecule has 0 atom stereocenters. The number of carbonyl (C=O) groups excluding carboxylic acids is 1. The van der Waals surface area contributed by atoms with E-state index >= 15 is 0 Å². The Hall–Kier alpha value is -3.46. The lowest BCUT2D eigenvalue weighted by Crippen LogP contribution is -2.14. The van der Waals surface area contributed by atoms with E-state index in [1.165, 1.54) is 0 Å². The molecule has 0 bridgehead atoms. The van der Waals surface area contributed by atoms with Crippen LogP contribution in [-0.2, 0) is 9.53 Å². The maximum atomic E-state index is 11.5. The van der Waals surface area contributed by atoms with Gasteiger partial charge in [-0.15, -0.1) is 11.8 Å². The average Bonchev–Trinajstić information content (AvgIpc) is 2.86. The molecule has 3 aromatic carbocycles. The normalized spacial score (nSPS) is 11.4. The minimum Gasteiger partial charge on any atom is -0.482 e. The van der Waals surface area contributed by atoms with Gasteiger partial charge in [-0.2, -0.15) is 0 Å². The van der Waals surface area contributed by atoms with E-state index in [9.17, 15) is 9.90 Å². The number of allylic oxidation sites excluding steroid dienone is 1. The summed E-state index contributed by atoms with van der Waals surface area (Å²) in [5, 5.41) is 10.1. The van der Waals surface area contributed by atoms with Gasteiger partial charge in [0, 0.05) is 16.2 Å². The van der Waals surface area contributed by atoms with E-state index in [2.05, 4.69) is 54.3 Å². The lowest BCUT2D eigenvalue weighted by atomic mass is 10.00. The monoisotopic (exact) mass is 500 g/mol. The van der Waals surface area contributed by atoms with Crippen LogP contribution in [0.25, 0.3) is 16.7 Å². The van der Waals surface area contributed by atoms with Crippen LogP contribution >= 0.6 is 11.8 Å². The van der Waals surface area contributed by atoms with Gasteiger partial charge in [0.15, 0.2) is 6.61 Å². The second kappa shape index (κ2) is 13.0. The number of aliphatic hydroxyl groups is 1. The number of hydrogen-bond donors (Lipinski definition) is 1. The van der Waals surface area contributed by atoms with Crippen LogP contribution in [0.1, 0.15) is 31.9 Å². The van der Waals surface area contributed by atoms with Crippen molar-refractivity contribution in [2.24, 2.45) is 0 Å². The van der Waals surface area contributed by atoms with Crippen LogP contribution in [0.5, 0.6) is 5.75 Å². The quantitative estimate of drug-likeness (QED) is 0.205. The summed E-state index contributed by atoms with van der Waals surface area (Å²) < 4.78 is 10.5. The first-order valence-electron chi connectivity index (χ1n) is 11.9.